The van der Waals surface area contributed by atoms with Crippen LogP contribution in [0.25, 0.3) is 0 Å². The second-order valence-corrected chi connectivity index (χ2v) is 3.58. The third-order valence-corrected chi connectivity index (χ3v) is 2.21. The molecule has 4 heteroatoms. The Hall–Kier alpha value is -1.81. The summed E-state index contributed by atoms with van der Waals surface area (Å²) in [5.41, 5.74) is 1.36. The summed E-state index contributed by atoms with van der Waals surface area (Å²) < 4.78 is 13.0. The van der Waals surface area contributed by atoms with Gasteiger partial charge in [0.25, 0.3) is 0 Å². The molecular weight excluding hydrogens is 207 g/mol. The highest BCUT2D eigenvalue weighted by molar-refractivity contribution is 5.23. The topological polar surface area (TPSA) is 46.0 Å². The second-order valence-electron chi connectivity index (χ2n) is 3.58. The number of aliphatic hydroxyl groups is 1. The molecule has 0 saturated heterocycles. The molecule has 16 heavy (non-hydrogen) atoms. The summed E-state index contributed by atoms with van der Waals surface area (Å²) >= 11 is 0. The Morgan fingerprint density at radius 3 is 2.56 bits per heavy atom. The fourth-order valence-corrected chi connectivity index (χ4v) is 1.37. The van der Waals surface area contributed by atoms with Crippen molar-refractivity contribution in [1.29, 1.82) is 0 Å². The molecule has 0 bridgehead atoms. The van der Waals surface area contributed by atoms with Crippen molar-refractivity contribution in [2.75, 3.05) is 0 Å². The summed E-state index contributed by atoms with van der Waals surface area (Å²) in [7, 11) is 0. The van der Waals surface area contributed by atoms with Crippen molar-refractivity contribution < 1.29 is 9.50 Å². The van der Waals surface area contributed by atoms with Gasteiger partial charge in [0, 0.05) is 12.4 Å². The number of aromatic nitrogens is 2. The average Bonchev–Trinajstić information content (AvgIpc) is 2.29. The van der Waals surface area contributed by atoms with Gasteiger partial charge in [0.2, 0.25) is 0 Å². The second kappa shape index (κ2) is 4.37. The SMILES string of the molecule is Cc1cnc(C(O)c2cccc(F)c2)nc1. The van der Waals surface area contributed by atoms with Gasteiger partial charge in [-0.2, -0.15) is 0 Å². The molecule has 1 N–H and O–H groups in total. The van der Waals surface area contributed by atoms with Crippen molar-refractivity contribution >= 4 is 0 Å². The highest BCUT2D eigenvalue weighted by Gasteiger charge is 2.13. The molecule has 0 amide bonds. The first-order chi connectivity index (χ1) is 7.66. The molecule has 2 aromatic rings. The Labute approximate surface area is 92.6 Å². The number of rotatable bonds is 2. The van der Waals surface area contributed by atoms with E-state index in [1.807, 2.05) is 6.92 Å². The predicted molar refractivity (Wildman–Crippen MR) is 57.2 cm³/mol. The number of halogens is 1. The molecule has 0 saturated carbocycles. The lowest BCUT2D eigenvalue weighted by Crippen LogP contribution is -2.05. The molecule has 0 spiro atoms. The third kappa shape index (κ3) is 2.23. The maximum absolute atomic E-state index is 13.0. The predicted octanol–water partition coefficient (Wildman–Crippen LogP) is 2.01. The molecule has 1 aromatic heterocycles. The highest BCUT2D eigenvalue weighted by Crippen LogP contribution is 2.18. The lowest BCUT2D eigenvalue weighted by molar-refractivity contribution is 0.209. The molecule has 0 radical (unpaired) electrons. The molecule has 0 aliphatic carbocycles. The van der Waals surface area contributed by atoms with Gasteiger partial charge in [-0.15, -0.1) is 0 Å². The van der Waals surface area contributed by atoms with E-state index in [1.165, 1.54) is 12.1 Å². The lowest BCUT2D eigenvalue weighted by atomic mass is 10.1. The van der Waals surface area contributed by atoms with Gasteiger partial charge < -0.3 is 5.11 Å². The van der Waals surface area contributed by atoms with Crippen LogP contribution < -0.4 is 0 Å². The van der Waals surface area contributed by atoms with E-state index in [2.05, 4.69) is 9.97 Å². The van der Waals surface area contributed by atoms with Crippen LogP contribution in [0.15, 0.2) is 36.7 Å². The number of nitrogens with zero attached hydrogens (tertiary/aromatic N) is 2. The Balaban J connectivity index is 2.31. The first-order valence-corrected chi connectivity index (χ1v) is 4.89. The van der Waals surface area contributed by atoms with E-state index >= 15 is 0 Å². The standard InChI is InChI=1S/C12H11FN2O/c1-8-6-14-12(15-7-8)11(16)9-3-2-4-10(13)5-9/h2-7,11,16H,1H3. The Morgan fingerprint density at radius 1 is 1.25 bits per heavy atom. The van der Waals surface area contributed by atoms with Gasteiger partial charge in [-0.3, -0.25) is 0 Å². The highest BCUT2D eigenvalue weighted by atomic mass is 19.1. The maximum Gasteiger partial charge on any atom is 0.161 e. The van der Waals surface area contributed by atoms with Crippen LogP contribution in [-0.2, 0) is 0 Å². The zero-order chi connectivity index (χ0) is 11.5. The van der Waals surface area contributed by atoms with Crippen molar-refractivity contribution in [3.63, 3.8) is 0 Å². The van der Waals surface area contributed by atoms with Crippen molar-refractivity contribution in [2.45, 2.75) is 13.0 Å². The monoisotopic (exact) mass is 218 g/mol. The summed E-state index contributed by atoms with van der Waals surface area (Å²) in [6.07, 6.45) is 2.24. The number of benzene rings is 1. The zero-order valence-corrected chi connectivity index (χ0v) is 8.76. The van der Waals surface area contributed by atoms with E-state index in [-0.39, 0.29) is 11.6 Å². The van der Waals surface area contributed by atoms with Crippen molar-refractivity contribution in [3.8, 4) is 0 Å². The zero-order valence-electron chi connectivity index (χ0n) is 8.76. The quantitative estimate of drug-likeness (QED) is 0.838. The molecule has 0 aliphatic rings. The normalized spacial score (nSPS) is 12.4. The Morgan fingerprint density at radius 2 is 1.94 bits per heavy atom. The van der Waals surface area contributed by atoms with Crippen LogP contribution in [0.5, 0.6) is 0 Å². The molecule has 0 fully saturated rings. The first-order valence-electron chi connectivity index (χ1n) is 4.89. The Bertz CT molecular complexity index is 485. The van der Waals surface area contributed by atoms with E-state index < -0.39 is 6.10 Å². The van der Waals surface area contributed by atoms with Crippen LogP contribution in [0.2, 0.25) is 0 Å². The summed E-state index contributed by atoms with van der Waals surface area (Å²) in [4.78, 5) is 8.00. The number of aryl methyl sites for hydroxylation is 1. The van der Waals surface area contributed by atoms with Crippen LogP contribution in [0.1, 0.15) is 23.1 Å². The molecule has 1 atom stereocenters. The lowest BCUT2D eigenvalue weighted by Gasteiger charge is -2.09. The van der Waals surface area contributed by atoms with Gasteiger partial charge in [0.1, 0.15) is 11.9 Å². The largest absolute Gasteiger partial charge is 0.380 e. The summed E-state index contributed by atoms with van der Waals surface area (Å²) in [5.74, 6) is -0.111. The van der Waals surface area contributed by atoms with Crippen LogP contribution in [0, 0.1) is 12.7 Å². The van der Waals surface area contributed by atoms with E-state index in [1.54, 1.807) is 24.5 Å². The molecule has 1 heterocycles. The van der Waals surface area contributed by atoms with Gasteiger partial charge >= 0.3 is 0 Å². The van der Waals surface area contributed by atoms with Gasteiger partial charge in [-0.05, 0) is 30.2 Å². The molecule has 0 aliphatic heterocycles. The molecule has 1 aromatic carbocycles. The fourth-order valence-electron chi connectivity index (χ4n) is 1.37. The number of aliphatic hydroxyl groups excluding tert-OH is 1. The van der Waals surface area contributed by atoms with Crippen molar-refractivity contribution in [3.05, 3.63) is 59.4 Å². The molecule has 3 nitrogen and oxygen atoms in total. The summed E-state index contributed by atoms with van der Waals surface area (Å²) in [5, 5.41) is 9.92. The number of hydrogen-bond acceptors (Lipinski definition) is 3. The van der Waals surface area contributed by atoms with Crippen molar-refractivity contribution in [1.82, 2.24) is 9.97 Å². The minimum absolute atomic E-state index is 0.274. The molecule has 2 rings (SSSR count). The van der Waals surface area contributed by atoms with E-state index in [0.29, 0.717) is 5.56 Å². The minimum Gasteiger partial charge on any atom is -0.380 e. The van der Waals surface area contributed by atoms with E-state index in [4.69, 9.17) is 0 Å². The fraction of sp³-hybridized carbons (Fsp3) is 0.167. The van der Waals surface area contributed by atoms with Crippen LogP contribution in [0.3, 0.4) is 0 Å². The molecule has 82 valence electrons. The summed E-state index contributed by atoms with van der Waals surface area (Å²) in [6, 6.07) is 5.78. The Kier molecular flexibility index (Phi) is 2.92. The van der Waals surface area contributed by atoms with Gasteiger partial charge in [-0.25, -0.2) is 14.4 Å². The van der Waals surface area contributed by atoms with Crippen LogP contribution >= 0.6 is 0 Å². The van der Waals surface area contributed by atoms with E-state index in [9.17, 15) is 9.50 Å². The van der Waals surface area contributed by atoms with Gasteiger partial charge in [0.15, 0.2) is 5.82 Å². The third-order valence-electron chi connectivity index (χ3n) is 2.21. The number of hydrogen-bond donors (Lipinski definition) is 1. The maximum atomic E-state index is 13.0. The average molecular weight is 218 g/mol. The van der Waals surface area contributed by atoms with Gasteiger partial charge in [-0.1, -0.05) is 12.1 Å². The first kappa shape index (κ1) is 10.7. The van der Waals surface area contributed by atoms with Gasteiger partial charge in [0.05, 0.1) is 0 Å². The smallest absolute Gasteiger partial charge is 0.161 e. The van der Waals surface area contributed by atoms with Crippen LogP contribution in [0.4, 0.5) is 4.39 Å². The van der Waals surface area contributed by atoms with Crippen LogP contribution in [-0.4, -0.2) is 15.1 Å². The van der Waals surface area contributed by atoms with E-state index in [0.717, 1.165) is 5.56 Å². The summed E-state index contributed by atoms with van der Waals surface area (Å²) in [6.45, 7) is 1.86. The molecule has 1 unspecified atom stereocenters. The minimum atomic E-state index is -0.990. The molecular formula is C12H11FN2O. The van der Waals surface area contributed by atoms with Crippen molar-refractivity contribution in [2.24, 2.45) is 0 Å².